The first kappa shape index (κ1) is 20.1. The van der Waals surface area contributed by atoms with E-state index in [1.807, 2.05) is 12.1 Å². The molecule has 1 aliphatic carbocycles. The molecular weight excluding hydrogens is 366 g/mol. The molecule has 2 heterocycles. The highest BCUT2D eigenvalue weighted by Gasteiger charge is 2.34. The highest BCUT2D eigenvalue weighted by Crippen LogP contribution is 2.39. The van der Waals surface area contributed by atoms with Gasteiger partial charge in [0.25, 0.3) is 0 Å². The summed E-state index contributed by atoms with van der Waals surface area (Å²) in [6.45, 7) is 4.42. The van der Waals surface area contributed by atoms with Gasteiger partial charge in [0.15, 0.2) is 5.82 Å². The van der Waals surface area contributed by atoms with Crippen molar-refractivity contribution in [3.05, 3.63) is 29.6 Å². The van der Waals surface area contributed by atoms with Crippen molar-refractivity contribution in [3.63, 3.8) is 0 Å². The fourth-order valence-corrected chi connectivity index (χ4v) is 4.80. The Bertz CT molecular complexity index is 794. The lowest BCUT2D eigenvalue weighted by molar-refractivity contribution is 0.144. The minimum atomic E-state index is -0.0136. The van der Waals surface area contributed by atoms with E-state index >= 15 is 0 Å². The summed E-state index contributed by atoms with van der Waals surface area (Å²) in [5.41, 5.74) is 1.11. The minimum Gasteiger partial charge on any atom is -0.497 e. The fourth-order valence-electron chi connectivity index (χ4n) is 4.80. The standard InChI is InChI=1S/C22H33N5O2/c1-16-11-13-26(14-12-16)21(19-10-9-18(28-2)15-20(19)29-3)22-23-24-25-27(22)17-7-5-4-6-8-17/h9-10,15-17,21H,4-8,11-14H2,1-3H3/t21-/m1/s1. The molecule has 0 radical (unpaired) electrons. The van der Waals surface area contributed by atoms with Crippen molar-refractivity contribution in [2.45, 2.75) is 64.0 Å². The SMILES string of the molecule is COc1ccc([C@H](c2nnnn2C2CCCCC2)N2CCC(C)CC2)c(OC)c1. The van der Waals surface area contributed by atoms with Crippen molar-refractivity contribution in [2.24, 2.45) is 5.92 Å². The molecular formula is C22H33N5O2. The molecule has 0 bridgehead atoms. The van der Waals surface area contributed by atoms with Gasteiger partial charge >= 0.3 is 0 Å². The van der Waals surface area contributed by atoms with Gasteiger partial charge in [-0.25, -0.2) is 4.68 Å². The van der Waals surface area contributed by atoms with Gasteiger partial charge in [-0.15, -0.1) is 5.10 Å². The number of tetrazole rings is 1. The summed E-state index contributed by atoms with van der Waals surface area (Å²) in [6, 6.07) is 6.46. The molecule has 1 aromatic carbocycles. The summed E-state index contributed by atoms with van der Waals surface area (Å²) < 4.78 is 13.3. The van der Waals surface area contributed by atoms with E-state index in [9.17, 15) is 0 Å². The van der Waals surface area contributed by atoms with Crippen LogP contribution >= 0.6 is 0 Å². The van der Waals surface area contributed by atoms with E-state index in [1.165, 1.54) is 32.1 Å². The zero-order valence-corrected chi connectivity index (χ0v) is 17.9. The van der Waals surface area contributed by atoms with Gasteiger partial charge in [-0.3, -0.25) is 4.90 Å². The first-order valence-corrected chi connectivity index (χ1v) is 10.9. The van der Waals surface area contributed by atoms with E-state index in [2.05, 4.69) is 38.1 Å². The Morgan fingerprint density at radius 2 is 1.76 bits per heavy atom. The third-order valence-electron chi connectivity index (χ3n) is 6.60. The van der Waals surface area contributed by atoms with Crippen LogP contribution in [0.25, 0.3) is 0 Å². The summed E-state index contributed by atoms with van der Waals surface area (Å²) in [6.07, 6.45) is 8.51. The maximum Gasteiger partial charge on any atom is 0.173 e. The van der Waals surface area contributed by atoms with Gasteiger partial charge in [0, 0.05) is 11.6 Å². The van der Waals surface area contributed by atoms with Crippen LogP contribution in [0.3, 0.4) is 0 Å². The molecule has 2 fully saturated rings. The number of ether oxygens (including phenoxy) is 2. The van der Waals surface area contributed by atoms with Crippen molar-refractivity contribution in [1.29, 1.82) is 0 Å². The predicted molar refractivity (Wildman–Crippen MR) is 111 cm³/mol. The predicted octanol–water partition coefficient (Wildman–Crippen LogP) is 4.02. The van der Waals surface area contributed by atoms with E-state index in [0.717, 1.165) is 54.7 Å². The second-order valence-corrected chi connectivity index (χ2v) is 8.50. The number of benzene rings is 1. The van der Waals surface area contributed by atoms with Crippen molar-refractivity contribution >= 4 is 0 Å². The van der Waals surface area contributed by atoms with Gasteiger partial charge in [0.2, 0.25) is 0 Å². The van der Waals surface area contributed by atoms with Gasteiger partial charge < -0.3 is 9.47 Å². The minimum absolute atomic E-state index is 0.0136. The zero-order valence-electron chi connectivity index (χ0n) is 17.9. The maximum absolute atomic E-state index is 5.78. The number of likely N-dealkylation sites (tertiary alicyclic amines) is 1. The average Bonchev–Trinajstić information content (AvgIpc) is 3.25. The topological polar surface area (TPSA) is 65.3 Å². The van der Waals surface area contributed by atoms with Crippen LogP contribution < -0.4 is 9.47 Å². The lowest BCUT2D eigenvalue weighted by atomic mass is 9.93. The average molecular weight is 400 g/mol. The Balaban J connectivity index is 1.75. The van der Waals surface area contributed by atoms with E-state index in [4.69, 9.17) is 9.47 Å². The molecule has 0 spiro atoms. The molecule has 2 aliphatic rings. The lowest BCUT2D eigenvalue weighted by Crippen LogP contribution is -2.38. The Labute approximate surface area is 173 Å². The fraction of sp³-hybridized carbons (Fsp3) is 0.682. The molecule has 1 atom stereocenters. The van der Waals surface area contributed by atoms with Crippen LogP contribution in [0.5, 0.6) is 11.5 Å². The van der Waals surface area contributed by atoms with Gasteiger partial charge in [0.1, 0.15) is 17.5 Å². The molecule has 7 nitrogen and oxygen atoms in total. The van der Waals surface area contributed by atoms with E-state index < -0.39 is 0 Å². The summed E-state index contributed by atoms with van der Waals surface area (Å²) in [5.74, 6) is 3.32. The maximum atomic E-state index is 5.78. The Morgan fingerprint density at radius 1 is 1.00 bits per heavy atom. The van der Waals surface area contributed by atoms with Crippen molar-refractivity contribution in [3.8, 4) is 11.5 Å². The van der Waals surface area contributed by atoms with Crippen molar-refractivity contribution < 1.29 is 9.47 Å². The number of hydrogen-bond donors (Lipinski definition) is 0. The first-order chi connectivity index (χ1) is 14.2. The quantitative estimate of drug-likeness (QED) is 0.731. The highest BCUT2D eigenvalue weighted by atomic mass is 16.5. The Morgan fingerprint density at radius 3 is 2.45 bits per heavy atom. The monoisotopic (exact) mass is 399 g/mol. The van der Waals surface area contributed by atoms with Crippen LogP contribution in [0.15, 0.2) is 18.2 Å². The summed E-state index contributed by atoms with van der Waals surface area (Å²) in [5, 5.41) is 13.1. The number of rotatable bonds is 6. The van der Waals surface area contributed by atoms with Crippen molar-refractivity contribution in [2.75, 3.05) is 27.3 Å². The lowest BCUT2D eigenvalue weighted by Gasteiger charge is -2.37. The molecule has 1 aliphatic heterocycles. The number of piperidine rings is 1. The molecule has 4 rings (SSSR count). The van der Waals surface area contributed by atoms with Crippen LogP contribution in [-0.2, 0) is 0 Å². The number of hydrogen-bond acceptors (Lipinski definition) is 6. The largest absolute Gasteiger partial charge is 0.497 e. The van der Waals surface area contributed by atoms with Gasteiger partial charge in [0.05, 0.1) is 20.3 Å². The highest BCUT2D eigenvalue weighted by molar-refractivity contribution is 5.44. The molecule has 7 heteroatoms. The summed E-state index contributed by atoms with van der Waals surface area (Å²) in [4.78, 5) is 2.52. The zero-order chi connectivity index (χ0) is 20.2. The summed E-state index contributed by atoms with van der Waals surface area (Å²) in [7, 11) is 3.40. The molecule has 0 unspecified atom stereocenters. The molecule has 2 aromatic rings. The normalized spacial score (nSPS) is 20.5. The molecule has 0 amide bonds. The molecule has 0 N–H and O–H groups in total. The second kappa shape index (κ2) is 9.11. The Hall–Kier alpha value is -2.15. The molecule has 1 saturated heterocycles. The van der Waals surface area contributed by atoms with Crippen LogP contribution in [-0.4, -0.2) is 52.4 Å². The smallest absolute Gasteiger partial charge is 0.173 e. The van der Waals surface area contributed by atoms with Crippen LogP contribution in [0.2, 0.25) is 0 Å². The van der Waals surface area contributed by atoms with Crippen LogP contribution in [0.4, 0.5) is 0 Å². The first-order valence-electron chi connectivity index (χ1n) is 10.9. The van der Waals surface area contributed by atoms with Crippen LogP contribution in [0, 0.1) is 5.92 Å². The summed E-state index contributed by atoms with van der Waals surface area (Å²) >= 11 is 0. The Kier molecular flexibility index (Phi) is 6.33. The molecule has 1 saturated carbocycles. The number of aromatic nitrogens is 4. The van der Waals surface area contributed by atoms with Gasteiger partial charge in [-0.2, -0.15) is 0 Å². The molecule has 1 aromatic heterocycles. The second-order valence-electron chi connectivity index (χ2n) is 8.50. The molecule has 158 valence electrons. The molecule has 29 heavy (non-hydrogen) atoms. The van der Waals surface area contributed by atoms with Gasteiger partial charge in [-0.05, 0) is 67.3 Å². The van der Waals surface area contributed by atoms with E-state index in [1.54, 1.807) is 14.2 Å². The van der Waals surface area contributed by atoms with Crippen LogP contribution in [0.1, 0.15) is 75.3 Å². The number of nitrogens with zero attached hydrogens (tertiary/aromatic N) is 5. The van der Waals surface area contributed by atoms with Gasteiger partial charge in [-0.1, -0.05) is 26.2 Å². The van der Waals surface area contributed by atoms with E-state index in [0.29, 0.717) is 6.04 Å². The van der Waals surface area contributed by atoms with E-state index in [-0.39, 0.29) is 6.04 Å². The van der Waals surface area contributed by atoms with Crippen molar-refractivity contribution in [1.82, 2.24) is 25.1 Å². The third kappa shape index (κ3) is 4.25. The number of methoxy groups -OCH3 is 2. The third-order valence-corrected chi connectivity index (χ3v) is 6.60.